The summed E-state index contributed by atoms with van der Waals surface area (Å²) < 4.78 is 0. The van der Waals surface area contributed by atoms with Gasteiger partial charge in [-0.1, -0.05) is 129 Å². The van der Waals surface area contributed by atoms with Crippen molar-refractivity contribution < 1.29 is 4.70 Å². The second-order valence-corrected chi connectivity index (χ2v) is 10.2. The maximum absolute atomic E-state index is 2.44. The molecule has 1 radical (unpaired) electrons. The average molecular weight is 332 g/mol. The molecular weight excluding hydrogens is 287 g/mol. The van der Waals surface area contributed by atoms with Gasteiger partial charge in [-0.2, -0.15) is 0 Å². The first-order valence-corrected chi connectivity index (χ1v) is 12.8. The second kappa shape index (κ2) is 21.1. The van der Waals surface area contributed by atoms with Crippen molar-refractivity contribution in [2.75, 3.05) is 0 Å². The van der Waals surface area contributed by atoms with E-state index in [2.05, 4.69) is 20.0 Å². The number of rotatable bonds is 17. The molecule has 0 atom stereocenters. The highest BCUT2D eigenvalue weighted by Gasteiger charge is 1.96. The van der Waals surface area contributed by atoms with Crippen LogP contribution in [0.4, 0.5) is 4.70 Å². The molecule has 0 unspecified atom stereocenters. The molecule has 2 heteroatoms. The van der Waals surface area contributed by atoms with Gasteiger partial charge in [0.25, 0.3) is 0 Å². The molecule has 0 saturated heterocycles. The van der Waals surface area contributed by atoms with Crippen molar-refractivity contribution >= 4 is 8.80 Å². The van der Waals surface area contributed by atoms with Crippen LogP contribution in [0.3, 0.4) is 0 Å². The molecule has 0 saturated carbocycles. The van der Waals surface area contributed by atoms with Gasteiger partial charge in [0, 0.05) is 8.80 Å². The fourth-order valence-corrected chi connectivity index (χ4v) is 3.98. The van der Waals surface area contributed by atoms with E-state index in [1.54, 1.807) is 0 Å². The summed E-state index contributed by atoms with van der Waals surface area (Å²) in [5.74, 6) is 0. The first-order valence-electron chi connectivity index (χ1n) is 10.1. The van der Waals surface area contributed by atoms with Crippen LogP contribution in [0.25, 0.3) is 0 Å². The Bertz CT molecular complexity index is 183. The van der Waals surface area contributed by atoms with Crippen molar-refractivity contribution in [1.29, 1.82) is 0 Å². The van der Waals surface area contributed by atoms with E-state index in [-0.39, 0.29) is 13.5 Å². The molecule has 0 heterocycles. The van der Waals surface area contributed by atoms with E-state index in [1.807, 2.05) is 0 Å². The van der Waals surface area contributed by atoms with Crippen LogP contribution in [0, 0.1) is 0 Å². The quantitative estimate of drug-likeness (QED) is 0.186. The van der Waals surface area contributed by atoms with Crippen molar-refractivity contribution in [3.8, 4) is 0 Å². The highest BCUT2D eigenvalue weighted by molar-refractivity contribution is 6.55. The second-order valence-electron chi connectivity index (χ2n) is 7.26. The van der Waals surface area contributed by atoms with Gasteiger partial charge in [-0.15, -0.1) is 0 Å². The molecule has 0 fully saturated rings. The minimum Gasteiger partial charge on any atom is -0.269 e. The zero-order valence-electron chi connectivity index (χ0n) is 15.9. The van der Waals surface area contributed by atoms with Crippen LogP contribution < -0.4 is 0 Å². The van der Waals surface area contributed by atoms with Crippen molar-refractivity contribution in [1.82, 2.24) is 0 Å². The molecule has 0 aliphatic carbocycles. The molecular formula is C20H44FSi. The SMILES string of the molecule is CCCCCCCCCCCCCCCCCC[Si](C)C.F. The molecule has 22 heavy (non-hydrogen) atoms. The Labute approximate surface area is 142 Å². The maximum atomic E-state index is 2.44. The molecule has 0 amide bonds. The monoisotopic (exact) mass is 331 g/mol. The van der Waals surface area contributed by atoms with Gasteiger partial charge >= 0.3 is 0 Å². The van der Waals surface area contributed by atoms with E-state index in [9.17, 15) is 0 Å². The van der Waals surface area contributed by atoms with Crippen LogP contribution in [0.5, 0.6) is 0 Å². The summed E-state index contributed by atoms with van der Waals surface area (Å²) in [6.07, 6.45) is 23.7. The number of halogens is 1. The first-order chi connectivity index (χ1) is 10.3. The molecule has 0 aromatic carbocycles. The molecule has 0 bridgehead atoms. The van der Waals surface area contributed by atoms with E-state index >= 15 is 0 Å². The Hall–Kier alpha value is 0.147. The minimum absolute atomic E-state index is 0. The van der Waals surface area contributed by atoms with Crippen LogP contribution in [0.15, 0.2) is 0 Å². The summed E-state index contributed by atoms with van der Waals surface area (Å²) in [4.78, 5) is 0. The van der Waals surface area contributed by atoms with Crippen molar-refractivity contribution in [2.45, 2.75) is 129 Å². The van der Waals surface area contributed by atoms with Gasteiger partial charge in [-0.05, 0) is 0 Å². The third-order valence-corrected chi connectivity index (χ3v) is 5.88. The van der Waals surface area contributed by atoms with E-state index in [1.165, 1.54) is 109 Å². The van der Waals surface area contributed by atoms with E-state index in [0.29, 0.717) is 0 Å². The van der Waals surface area contributed by atoms with E-state index in [4.69, 9.17) is 0 Å². The zero-order valence-corrected chi connectivity index (χ0v) is 16.9. The Morgan fingerprint density at radius 2 is 0.727 bits per heavy atom. The van der Waals surface area contributed by atoms with Crippen LogP contribution in [-0.2, 0) is 0 Å². The highest BCUT2D eigenvalue weighted by atomic mass is 28.3. The van der Waals surface area contributed by atoms with Gasteiger partial charge in [-0.25, -0.2) is 0 Å². The molecule has 0 nitrogen and oxygen atoms in total. The van der Waals surface area contributed by atoms with Crippen LogP contribution in [0.1, 0.15) is 110 Å². The number of unbranched alkanes of at least 4 members (excludes halogenated alkanes) is 15. The lowest BCUT2D eigenvalue weighted by Crippen LogP contribution is -1.97. The molecule has 0 spiro atoms. The molecule has 0 aromatic heterocycles. The zero-order chi connectivity index (χ0) is 15.6. The number of hydrogen-bond acceptors (Lipinski definition) is 0. The lowest BCUT2D eigenvalue weighted by atomic mass is 10.0. The molecule has 0 aliphatic rings. The van der Waals surface area contributed by atoms with Crippen LogP contribution in [-0.4, -0.2) is 8.80 Å². The predicted octanol–water partition coefficient (Wildman–Crippen LogP) is 8.15. The summed E-state index contributed by atoms with van der Waals surface area (Å²) >= 11 is 0. The average Bonchev–Trinajstić information content (AvgIpc) is 2.46. The van der Waals surface area contributed by atoms with Crippen molar-refractivity contribution in [3.63, 3.8) is 0 Å². The van der Waals surface area contributed by atoms with Crippen LogP contribution in [0.2, 0.25) is 19.1 Å². The molecule has 135 valence electrons. The smallest absolute Gasteiger partial charge is 0.0412 e. The summed E-state index contributed by atoms with van der Waals surface area (Å²) in [7, 11) is 0.0467. The lowest BCUT2D eigenvalue weighted by molar-refractivity contribution is 0.531. The van der Waals surface area contributed by atoms with E-state index in [0.717, 1.165) is 0 Å². The predicted molar refractivity (Wildman–Crippen MR) is 104 cm³/mol. The molecule has 0 aromatic rings. The topological polar surface area (TPSA) is 0 Å². The Morgan fingerprint density at radius 1 is 0.455 bits per heavy atom. The summed E-state index contributed by atoms with van der Waals surface area (Å²) in [6, 6.07) is 1.53. The normalized spacial score (nSPS) is 10.9. The molecule has 0 N–H and O–H groups in total. The van der Waals surface area contributed by atoms with Gasteiger partial charge in [0.2, 0.25) is 0 Å². The summed E-state index contributed by atoms with van der Waals surface area (Å²) in [5.41, 5.74) is 0. The van der Waals surface area contributed by atoms with Gasteiger partial charge < -0.3 is 0 Å². The van der Waals surface area contributed by atoms with Gasteiger partial charge in [0.15, 0.2) is 0 Å². The molecule has 0 rings (SSSR count). The van der Waals surface area contributed by atoms with Crippen molar-refractivity contribution in [2.24, 2.45) is 0 Å². The van der Waals surface area contributed by atoms with Gasteiger partial charge in [0.1, 0.15) is 0 Å². The fraction of sp³-hybridized carbons (Fsp3) is 1.00. The standard InChI is InChI=1S/C20H43Si.FH/c1-4-5-6-7-8-9-10-11-12-13-14-15-16-17-18-19-20-21(2)3;/h4-20H2,1-3H3;1H. The Balaban J connectivity index is 0. The summed E-state index contributed by atoms with van der Waals surface area (Å²) in [5, 5.41) is 0. The Kier molecular flexibility index (Phi) is 23.5. The number of hydrogen-bond donors (Lipinski definition) is 0. The third-order valence-electron chi connectivity index (χ3n) is 4.53. The highest BCUT2D eigenvalue weighted by Crippen LogP contribution is 2.14. The summed E-state index contributed by atoms with van der Waals surface area (Å²) in [6.45, 7) is 7.18. The lowest BCUT2D eigenvalue weighted by Gasteiger charge is -2.04. The van der Waals surface area contributed by atoms with Gasteiger partial charge in [-0.3, -0.25) is 4.70 Å². The largest absolute Gasteiger partial charge is 0.269 e. The van der Waals surface area contributed by atoms with Crippen LogP contribution >= 0.6 is 0 Å². The molecule has 0 aliphatic heterocycles. The first kappa shape index (κ1) is 24.4. The van der Waals surface area contributed by atoms with Gasteiger partial charge in [0.05, 0.1) is 0 Å². The van der Waals surface area contributed by atoms with E-state index < -0.39 is 0 Å². The fourth-order valence-electron chi connectivity index (χ4n) is 3.03. The maximum Gasteiger partial charge on any atom is 0.0412 e. The van der Waals surface area contributed by atoms with Crippen molar-refractivity contribution in [3.05, 3.63) is 0 Å². The minimum atomic E-state index is 0. The third kappa shape index (κ3) is 22.4. The Morgan fingerprint density at radius 3 is 1.00 bits per heavy atom.